The summed E-state index contributed by atoms with van der Waals surface area (Å²) in [5.41, 5.74) is 1.58. The molecule has 0 aliphatic carbocycles. The standard InChI is InChI=1S/C19H22N2O4S/c1-26(23,24)21-13-11-20(12-14-21)19(22)17-9-7-16(8-10-17)15-25-18-5-3-2-4-6-18/h2-10H,11-15H2,1H3. The van der Waals surface area contributed by atoms with E-state index >= 15 is 0 Å². The number of ether oxygens (including phenoxy) is 1. The zero-order valence-electron chi connectivity index (χ0n) is 14.7. The van der Waals surface area contributed by atoms with Gasteiger partial charge in [-0.05, 0) is 29.8 Å². The van der Waals surface area contributed by atoms with E-state index in [4.69, 9.17) is 4.74 Å². The van der Waals surface area contributed by atoms with Crippen LogP contribution in [0.2, 0.25) is 0 Å². The van der Waals surface area contributed by atoms with Gasteiger partial charge in [0.1, 0.15) is 12.4 Å². The van der Waals surface area contributed by atoms with Gasteiger partial charge in [-0.3, -0.25) is 4.79 Å². The number of para-hydroxylation sites is 1. The van der Waals surface area contributed by atoms with Crippen molar-refractivity contribution in [1.29, 1.82) is 0 Å². The summed E-state index contributed by atoms with van der Waals surface area (Å²) >= 11 is 0. The van der Waals surface area contributed by atoms with E-state index in [1.807, 2.05) is 42.5 Å². The molecule has 0 saturated carbocycles. The van der Waals surface area contributed by atoms with Crippen molar-refractivity contribution in [2.24, 2.45) is 0 Å². The fourth-order valence-corrected chi connectivity index (χ4v) is 3.66. The SMILES string of the molecule is CS(=O)(=O)N1CCN(C(=O)c2ccc(COc3ccccc3)cc2)CC1. The first-order chi connectivity index (χ1) is 12.4. The first kappa shape index (κ1) is 18.4. The molecule has 0 atom stereocenters. The normalized spacial score (nSPS) is 15.7. The number of sulfonamides is 1. The van der Waals surface area contributed by atoms with Gasteiger partial charge in [-0.15, -0.1) is 0 Å². The van der Waals surface area contributed by atoms with E-state index in [0.717, 1.165) is 11.3 Å². The topological polar surface area (TPSA) is 66.9 Å². The number of carbonyl (C=O) groups is 1. The summed E-state index contributed by atoms with van der Waals surface area (Å²) in [6, 6.07) is 16.9. The molecule has 1 heterocycles. The third kappa shape index (κ3) is 4.62. The van der Waals surface area contributed by atoms with Crippen molar-refractivity contribution in [1.82, 2.24) is 9.21 Å². The van der Waals surface area contributed by atoms with Crippen molar-refractivity contribution >= 4 is 15.9 Å². The van der Waals surface area contributed by atoms with Gasteiger partial charge >= 0.3 is 0 Å². The van der Waals surface area contributed by atoms with Gasteiger partial charge in [-0.25, -0.2) is 8.42 Å². The maximum atomic E-state index is 12.6. The Morgan fingerprint density at radius 1 is 0.962 bits per heavy atom. The highest BCUT2D eigenvalue weighted by Crippen LogP contribution is 2.14. The molecule has 0 spiro atoms. The first-order valence-corrected chi connectivity index (χ1v) is 10.3. The molecule has 6 nitrogen and oxygen atoms in total. The van der Waals surface area contributed by atoms with Crippen LogP contribution in [0.25, 0.3) is 0 Å². The Morgan fingerprint density at radius 2 is 1.58 bits per heavy atom. The lowest BCUT2D eigenvalue weighted by molar-refractivity contribution is 0.0698. The number of hydrogen-bond donors (Lipinski definition) is 0. The van der Waals surface area contributed by atoms with E-state index in [-0.39, 0.29) is 5.91 Å². The Labute approximate surface area is 154 Å². The van der Waals surface area contributed by atoms with Gasteiger partial charge in [0.15, 0.2) is 0 Å². The first-order valence-electron chi connectivity index (χ1n) is 8.45. The van der Waals surface area contributed by atoms with E-state index in [1.54, 1.807) is 17.0 Å². The van der Waals surface area contributed by atoms with Crippen LogP contribution >= 0.6 is 0 Å². The van der Waals surface area contributed by atoms with E-state index in [1.165, 1.54) is 10.6 Å². The quantitative estimate of drug-likeness (QED) is 0.803. The Morgan fingerprint density at radius 3 is 2.15 bits per heavy atom. The highest BCUT2D eigenvalue weighted by Gasteiger charge is 2.26. The minimum absolute atomic E-state index is 0.0753. The largest absolute Gasteiger partial charge is 0.489 e. The molecule has 1 saturated heterocycles. The van der Waals surface area contributed by atoms with Crippen molar-refractivity contribution in [2.75, 3.05) is 32.4 Å². The highest BCUT2D eigenvalue weighted by molar-refractivity contribution is 7.88. The van der Waals surface area contributed by atoms with Crippen LogP contribution in [0.1, 0.15) is 15.9 Å². The molecule has 3 rings (SSSR count). The average Bonchev–Trinajstić information content (AvgIpc) is 2.66. The molecular formula is C19H22N2O4S. The lowest BCUT2D eigenvalue weighted by Gasteiger charge is -2.33. The lowest BCUT2D eigenvalue weighted by atomic mass is 10.1. The van der Waals surface area contributed by atoms with Crippen LogP contribution in [0, 0.1) is 0 Å². The van der Waals surface area contributed by atoms with E-state index in [0.29, 0.717) is 38.3 Å². The van der Waals surface area contributed by atoms with Gasteiger partial charge in [0, 0.05) is 31.7 Å². The second kappa shape index (κ2) is 7.88. The third-order valence-corrected chi connectivity index (χ3v) is 5.65. The summed E-state index contributed by atoms with van der Waals surface area (Å²) in [4.78, 5) is 14.3. The summed E-state index contributed by atoms with van der Waals surface area (Å²) in [5.74, 6) is 0.727. The average molecular weight is 374 g/mol. The van der Waals surface area contributed by atoms with Crippen LogP contribution < -0.4 is 4.74 Å². The maximum absolute atomic E-state index is 12.6. The zero-order valence-corrected chi connectivity index (χ0v) is 15.5. The number of carbonyl (C=O) groups excluding carboxylic acids is 1. The minimum atomic E-state index is -3.19. The molecule has 26 heavy (non-hydrogen) atoms. The van der Waals surface area contributed by atoms with Crippen molar-refractivity contribution in [3.63, 3.8) is 0 Å². The summed E-state index contributed by atoms with van der Waals surface area (Å²) < 4.78 is 30.2. The molecule has 1 amide bonds. The van der Waals surface area contributed by atoms with Crippen molar-refractivity contribution in [3.05, 3.63) is 65.7 Å². The van der Waals surface area contributed by atoms with Crippen LogP contribution in [0.15, 0.2) is 54.6 Å². The number of nitrogens with zero attached hydrogens (tertiary/aromatic N) is 2. The predicted molar refractivity (Wildman–Crippen MR) is 99.5 cm³/mol. The second-order valence-electron chi connectivity index (χ2n) is 6.25. The van der Waals surface area contributed by atoms with Crippen LogP contribution in [0.4, 0.5) is 0 Å². The lowest BCUT2D eigenvalue weighted by Crippen LogP contribution is -2.50. The smallest absolute Gasteiger partial charge is 0.253 e. The van der Waals surface area contributed by atoms with Gasteiger partial charge in [-0.1, -0.05) is 30.3 Å². The fourth-order valence-electron chi connectivity index (χ4n) is 2.83. The molecule has 0 radical (unpaired) electrons. The van der Waals surface area contributed by atoms with Crippen LogP contribution in [0.5, 0.6) is 5.75 Å². The Hall–Kier alpha value is -2.38. The maximum Gasteiger partial charge on any atom is 0.253 e. The molecule has 7 heteroatoms. The minimum Gasteiger partial charge on any atom is -0.489 e. The molecule has 2 aromatic carbocycles. The summed E-state index contributed by atoms with van der Waals surface area (Å²) in [6.07, 6.45) is 1.20. The summed E-state index contributed by atoms with van der Waals surface area (Å²) in [7, 11) is -3.19. The molecule has 0 N–H and O–H groups in total. The molecule has 2 aromatic rings. The molecule has 0 aromatic heterocycles. The molecule has 0 bridgehead atoms. The fraction of sp³-hybridized carbons (Fsp3) is 0.316. The molecule has 1 fully saturated rings. The number of benzene rings is 2. The third-order valence-electron chi connectivity index (χ3n) is 4.34. The van der Waals surface area contributed by atoms with Gasteiger partial charge < -0.3 is 9.64 Å². The van der Waals surface area contributed by atoms with Gasteiger partial charge in [0.05, 0.1) is 6.26 Å². The second-order valence-corrected chi connectivity index (χ2v) is 8.24. The van der Waals surface area contributed by atoms with Crippen molar-refractivity contribution in [2.45, 2.75) is 6.61 Å². The zero-order chi connectivity index (χ0) is 18.6. The Kier molecular flexibility index (Phi) is 5.58. The molecule has 1 aliphatic rings. The summed E-state index contributed by atoms with van der Waals surface area (Å²) in [5, 5.41) is 0. The summed E-state index contributed by atoms with van der Waals surface area (Å²) in [6.45, 7) is 1.93. The van der Waals surface area contributed by atoms with E-state index < -0.39 is 10.0 Å². The molecular weight excluding hydrogens is 352 g/mol. The molecule has 138 valence electrons. The molecule has 1 aliphatic heterocycles. The number of piperazine rings is 1. The molecule has 0 unspecified atom stereocenters. The van der Waals surface area contributed by atoms with E-state index in [9.17, 15) is 13.2 Å². The van der Waals surface area contributed by atoms with Gasteiger partial charge in [0.2, 0.25) is 10.0 Å². The highest BCUT2D eigenvalue weighted by atomic mass is 32.2. The van der Waals surface area contributed by atoms with Crippen LogP contribution in [-0.2, 0) is 16.6 Å². The van der Waals surface area contributed by atoms with Crippen molar-refractivity contribution in [3.8, 4) is 5.75 Å². The Balaban J connectivity index is 1.56. The monoisotopic (exact) mass is 374 g/mol. The van der Waals surface area contributed by atoms with Gasteiger partial charge in [0.25, 0.3) is 5.91 Å². The van der Waals surface area contributed by atoms with Crippen LogP contribution in [-0.4, -0.2) is 56.0 Å². The van der Waals surface area contributed by atoms with Gasteiger partial charge in [-0.2, -0.15) is 4.31 Å². The van der Waals surface area contributed by atoms with E-state index in [2.05, 4.69) is 0 Å². The predicted octanol–water partition coefficient (Wildman–Crippen LogP) is 1.98. The Bertz CT molecular complexity index is 843. The number of amides is 1. The van der Waals surface area contributed by atoms with Crippen LogP contribution in [0.3, 0.4) is 0 Å². The number of rotatable bonds is 5. The number of hydrogen-bond acceptors (Lipinski definition) is 4. The van der Waals surface area contributed by atoms with Crippen molar-refractivity contribution < 1.29 is 17.9 Å².